The lowest BCUT2D eigenvalue weighted by Gasteiger charge is -2.08. The fraction of sp³-hybridized carbons (Fsp3) is 0.600. The zero-order chi connectivity index (χ0) is 5.11. The Morgan fingerprint density at radius 1 is 1.86 bits per heavy atom. The molecule has 1 aliphatic rings. The van der Waals surface area contributed by atoms with Gasteiger partial charge in [0, 0.05) is 18.9 Å². The van der Waals surface area contributed by atoms with Crippen LogP contribution in [0.4, 0.5) is 0 Å². The summed E-state index contributed by atoms with van der Waals surface area (Å²) in [5.74, 6) is 0. The van der Waals surface area contributed by atoms with Gasteiger partial charge in [-0.25, -0.2) is 0 Å². The van der Waals surface area contributed by atoms with Crippen LogP contribution >= 0.6 is 0 Å². The lowest BCUT2D eigenvalue weighted by Crippen LogP contribution is -2.19. The van der Waals surface area contributed by atoms with E-state index in [-0.39, 0.29) is 0 Å². The van der Waals surface area contributed by atoms with Crippen molar-refractivity contribution in [3.8, 4) is 0 Å². The maximum atomic E-state index is 3.07. The largest absolute Gasteiger partial charge is 0.373 e. The minimum atomic E-state index is 0.983. The summed E-state index contributed by atoms with van der Waals surface area (Å²) in [5.41, 5.74) is 0. The van der Waals surface area contributed by atoms with E-state index in [1.54, 1.807) is 0 Å². The molecule has 1 rings (SSSR count). The molecule has 0 saturated carbocycles. The molecule has 0 aromatic rings. The van der Waals surface area contributed by atoms with Crippen LogP contribution in [0.15, 0.2) is 12.4 Å². The van der Waals surface area contributed by atoms with E-state index in [1.165, 1.54) is 0 Å². The van der Waals surface area contributed by atoms with Crippen molar-refractivity contribution in [3.05, 3.63) is 12.4 Å². The zero-order valence-corrected chi connectivity index (χ0v) is 4.52. The van der Waals surface area contributed by atoms with Crippen molar-refractivity contribution in [1.82, 2.24) is 10.2 Å². The third kappa shape index (κ3) is 0.856. The fourth-order valence-electron chi connectivity index (χ4n) is 0.598. The fourth-order valence-corrected chi connectivity index (χ4v) is 0.598. The van der Waals surface area contributed by atoms with Crippen molar-refractivity contribution < 1.29 is 0 Å². The van der Waals surface area contributed by atoms with Gasteiger partial charge in [0.1, 0.15) is 0 Å². The van der Waals surface area contributed by atoms with E-state index in [2.05, 4.69) is 23.3 Å². The quantitative estimate of drug-likeness (QED) is 0.508. The number of hydrogen-bond donors (Lipinski definition) is 1. The van der Waals surface area contributed by atoms with Crippen molar-refractivity contribution in [2.45, 2.75) is 6.92 Å². The van der Waals surface area contributed by atoms with Crippen molar-refractivity contribution in [2.24, 2.45) is 0 Å². The Kier molecular flexibility index (Phi) is 1.20. The molecule has 0 aromatic heterocycles. The molecule has 0 aliphatic carbocycles. The number of nitrogens with zero attached hydrogens (tertiary/aromatic N) is 1. The maximum Gasteiger partial charge on any atom is 0.0867 e. The highest BCUT2D eigenvalue weighted by Gasteiger charge is 1.95. The summed E-state index contributed by atoms with van der Waals surface area (Å²) in [4.78, 5) is 2.19. The molecule has 2 heteroatoms. The molecular weight excluding hydrogens is 88.1 g/mol. The maximum absolute atomic E-state index is 3.07. The molecule has 40 valence electrons. The molecule has 0 amide bonds. The zero-order valence-electron chi connectivity index (χ0n) is 4.52. The standard InChI is InChI=1S/C5H10N2/c1-2-7-4-3-6-5-7/h3-4,6H,2,5H2,1H3. The molecule has 1 aliphatic heterocycles. The van der Waals surface area contributed by atoms with Crippen molar-refractivity contribution in [3.63, 3.8) is 0 Å². The van der Waals surface area contributed by atoms with Crippen LogP contribution < -0.4 is 5.32 Å². The second-order valence-corrected chi connectivity index (χ2v) is 1.58. The van der Waals surface area contributed by atoms with E-state index in [0.717, 1.165) is 13.2 Å². The Morgan fingerprint density at radius 2 is 2.71 bits per heavy atom. The monoisotopic (exact) mass is 98.1 g/mol. The molecule has 0 spiro atoms. The molecule has 0 radical (unpaired) electrons. The predicted octanol–water partition coefficient (Wildman–Crippen LogP) is 0.340. The SMILES string of the molecule is CCN1C=CNC1. The summed E-state index contributed by atoms with van der Waals surface area (Å²) in [5, 5.41) is 3.07. The molecular formula is C5H10N2. The summed E-state index contributed by atoms with van der Waals surface area (Å²) in [7, 11) is 0. The second-order valence-electron chi connectivity index (χ2n) is 1.58. The average Bonchev–Trinajstić information content (AvgIpc) is 2.14. The Morgan fingerprint density at radius 3 is 3.00 bits per heavy atom. The third-order valence-electron chi connectivity index (χ3n) is 1.10. The van der Waals surface area contributed by atoms with E-state index in [1.807, 2.05) is 6.20 Å². The van der Waals surface area contributed by atoms with Crippen molar-refractivity contribution >= 4 is 0 Å². The van der Waals surface area contributed by atoms with Crippen LogP contribution in [0.25, 0.3) is 0 Å². The van der Waals surface area contributed by atoms with Crippen molar-refractivity contribution in [2.75, 3.05) is 13.2 Å². The van der Waals surface area contributed by atoms with E-state index in [0.29, 0.717) is 0 Å². The van der Waals surface area contributed by atoms with Gasteiger partial charge in [-0.1, -0.05) is 0 Å². The van der Waals surface area contributed by atoms with E-state index >= 15 is 0 Å². The highest BCUT2D eigenvalue weighted by atomic mass is 15.2. The number of rotatable bonds is 1. The van der Waals surface area contributed by atoms with E-state index in [9.17, 15) is 0 Å². The first-order chi connectivity index (χ1) is 3.43. The van der Waals surface area contributed by atoms with Crippen molar-refractivity contribution in [1.29, 1.82) is 0 Å². The van der Waals surface area contributed by atoms with Gasteiger partial charge in [0.15, 0.2) is 0 Å². The molecule has 0 fully saturated rings. The first kappa shape index (κ1) is 4.50. The Balaban J connectivity index is 2.28. The van der Waals surface area contributed by atoms with Crippen LogP contribution in [0.1, 0.15) is 6.92 Å². The molecule has 1 heterocycles. The molecule has 0 unspecified atom stereocenters. The second kappa shape index (κ2) is 1.87. The number of nitrogens with one attached hydrogen (secondary N) is 1. The molecule has 0 aromatic carbocycles. The minimum absolute atomic E-state index is 0.983. The summed E-state index contributed by atoms with van der Waals surface area (Å²) in [6.07, 6.45) is 4.02. The van der Waals surface area contributed by atoms with Gasteiger partial charge in [0.25, 0.3) is 0 Å². The highest BCUT2D eigenvalue weighted by molar-refractivity contribution is 4.85. The third-order valence-corrected chi connectivity index (χ3v) is 1.10. The van der Waals surface area contributed by atoms with Gasteiger partial charge in [-0.15, -0.1) is 0 Å². The molecule has 0 bridgehead atoms. The Hall–Kier alpha value is -0.660. The van der Waals surface area contributed by atoms with E-state index in [4.69, 9.17) is 0 Å². The lowest BCUT2D eigenvalue weighted by molar-refractivity contribution is 0.413. The summed E-state index contributed by atoms with van der Waals surface area (Å²) < 4.78 is 0. The molecule has 7 heavy (non-hydrogen) atoms. The van der Waals surface area contributed by atoms with Gasteiger partial charge in [0.2, 0.25) is 0 Å². The molecule has 1 N–H and O–H groups in total. The smallest absolute Gasteiger partial charge is 0.0867 e. The molecule has 0 saturated heterocycles. The van der Waals surface area contributed by atoms with Gasteiger partial charge in [-0.2, -0.15) is 0 Å². The Bertz CT molecular complexity index is 78.1. The van der Waals surface area contributed by atoms with Gasteiger partial charge in [-0.05, 0) is 6.92 Å². The van der Waals surface area contributed by atoms with Crippen LogP contribution in [0.5, 0.6) is 0 Å². The normalized spacial score (nSPS) is 17.6. The van der Waals surface area contributed by atoms with Crippen LogP contribution in [0, 0.1) is 0 Å². The van der Waals surface area contributed by atoms with Crippen LogP contribution in [0.2, 0.25) is 0 Å². The minimum Gasteiger partial charge on any atom is -0.373 e. The summed E-state index contributed by atoms with van der Waals surface area (Å²) >= 11 is 0. The molecule has 2 nitrogen and oxygen atoms in total. The highest BCUT2D eigenvalue weighted by Crippen LogP contribution is 1.90. The Labute approximate surface area is 43.8 Å². The van der Waals surface area contributed by atoms with E-state index < -0.39 is 0 Å². The lowest BCUT2D eigenvalue weighted by atomic mass is 10.6. The van der Waals surface area contributed by atoms with Gasteiger partial charge < -0.3 is 10.2 Å². The predicted molar refractivity (Wildman–Crippen MR) is 29.5 cm³/mol. The number of hydrogen-bond acceptors (Lipinski definition) is 2. The summed E-state index contributed by atoms with van der Waals surface area (Å²) in [6.45, 7) is 4.22. The van der Waals surface area contributed by atoms with Gasteiger partial charge in [0.05, 0.1) is 6.67 Å². The van der Waals surface area contributed by atoms with Crippen LogP contribution in [-0.2, 0) is 0 Å². The topological polar surface area (TPSA) is 15.3 Å². The van der Waals surface area contributed by atoms with Crippen LogP contribution in [0.3, 0.4) is 0 Å². The average molecular weight is 98.1 g/mol. The first-order valence-electron chi connectivity index (χ1n) is 2.57. The first-order valence-corrected chi connectivity index (χ1v) is 2.57. The summed E-state index contributed by atoms with van der Waals surface area (Å²) in [6, 6.07) is 0. The molecule has 0 atom stereocenters. The van der Waals surface area contributed by atoms with Gasteiger partial charge in [-0.3, -0.25) is 0 Å². The van der Waals surface area contributed by atoms with Gasteiger partial charge >= 0.3 is 0 Å². The van der Waals surface area contributed by atoms with Crippen LogP contribution in [-0.4, -0.2) is 18.1 Å².